The van der Waals surface area contributed by atoms with Crippen molar-refractivity contribution in [1.82, 2.24) is 45.6 Å². The fourth-order valence-electron chi connectivity index (χ4n) is 8.40. The van der Waals surface area contributed by atoms with Gasteiger partial charge in [0.15, 0.2) is 0 Å². The first-order valence-corrected chi connectivity index (χ1v) is 23.1. The van der Waals surface area contributed by atoms with Crippen LogP contribution in [0.2, 0.25) is 10.0 Å². The third-order valence-corrected chi connectivity index (χ3v) is 12.5. The van der Waals surface area contributed by atoms with E-state index >= 15 is 0 Å². The van der Waals surface area contributed by atoms with E-state index in [1.54, 1.807) is 36.7 Å². The number of hydrogen-bond donors (Lipinski definition) is 6. The van der Waals surface area contributed by atoms with Crippen LogP contribution in [0.15, 0.2) is 109 Å². The molecule has 2 fully saturated rings. The van der Waals surface area contributed by atoms with E-state index in [2.05, 4.69) is 56.3 Å². The first kappa shape index (κ1) is 50.4. The number of anilines is 2. The van der Waals surface area contributed by atoms with Gasteiger partial charge < -0.3 is 21.7 Å². The van der Waals surface area contributed by atoms with Gasteiger partial charge in [0.05, 0.1) is 43.3 Å². The van der Waals surface area contributed by atoms with Crippen molar-refractivity contribution in [2.24, 2.45) is 5.73 Å². The molecule has 2 aliphatic carbocycles. The van der Waals surface area contributed by atoms with Gasteiger partial charge in [-0.3, -0.25) is 35.2 Å². The lowest BCUT2D eigenvalue weighted by Crippen LogP contribution is -2.38. The van der Waals surface area contributed by atoms with E-state index in [0.29, 0.717) is 69.5 Å². The lowest BCUT2D eigenvalue weighted by Gasteiger charge is -2.30. The highest BCUT2D eigenvalue weighted by Gasteiger charge is 2.24. The number of fused-ring (bicyclic) bond motifs is 2. The first-order chi connectivity index (χ1) is 33.5. The van der Waals surface area contributed by atoms with Crippen LogP contribution in [0, 0.1) is 20.2 Å². The molecule has 0 aliphatic heterocycles. The molecule has 70 heavy (non-hydrogen) atoms. The van der Waals surface area contributed by atoms with E-state index in [1.165, 1.54) is 24.3 Å². The molecule has 7 N–H and O–H groups in total. The Morgan fingerprint density at radius 1 is 0.643 bits per heavy atom. The summed E-state index contributed by atoms with van der Waals surface area (Å²) in [6, 6.07) is 29.0. The van der Waals surface area contributed by atoms with Gasteiger partial charge in [-0.1, -0.05) is 79.2 Å². The fraction of sp³-hybridized carbons (Fsp3) is 0.286. The third-order valence-electron chi connectivity index (χ3n) is 11.9. The van der Waals surface area contributed by atoms with Gasteiger partial charge >= 0.3 is 0 Å². The van der Waals surface area contributed by atoms with E-state index in [-0.39, 0.29) is 35.8 Å². The molecule has 4 aromatic carbocycles. The van der Waals surface area contributed by atoms with Crippen molar-refractivity contribution in [3.05, 3.63) is 151 Å². The Hall–Kier alpha value is -7.45. The van der Waals surface area contributed by atoms with Crippen LogP contribution in [0.4, 0.5) is 23.3 Å². The first-order valence-electron chi connectivity index (χ1n) is 22.4. The maximum atomic E-state index is 10.8. The number of rotatable bonds is 12. The van der Waals surface area contributed by atoms with Crippen molar-refractivity contribution in [3.63, 3.8) is 0 Å². The maximum absolute atomic E-state index is 10.8. The van der Waals surface area contributed by atoms with Crippen LogP contribution < -0.4 is 21.7 Å². The Bertz CT molecular complexity index is 3040. The van der Waals surface area contributed by atoms with Gasteiger partial charge in [0, 0.05) is 71.3 Å². The number of para-hydroxylation sites is 2. The number of aldehydes is 1. The molecule has 19 nitrogen and oxygen atoms in total. The van der Waals surface area contributed by atoms with Crippen LogP contribution in [0.1, 0.15) is 74.7 Å². The summed E-state index contributed by atoms with van der Waals surface area (Å²) in [6.07, 6.45) is 12.2. The number of nitrogens with one attached hydrogen (secondary N) is 5. The van der Waals surface area contributed by atoms with Crippen molar-refractivity contribution in [2.75, 3.05) is 10.6 Å². The molecular formula is C49H52Cl2N14O5. The molecule has 10 rings (SSSR count). The van der Waals surface area contributed by atoms with Gasteiger partial charge in [0.1, 0.15) is 29.1 Å². The number of aromatic nitrogens is 8. The van der Waals surface area contributed by atoms with Crippen LogP contribution >= 0.6 is 23.2 Å². The number of benzene rings is 4. The Morgan fingerprint density at radius 3 is 1.61 bits per heavy atom. The smallest absolute Gasteiger partial charge is 0.269 e. The molecule has 0 bridgehead atoms. The molecule has 8 aromatic rings. The average molecular weight is 988 g/mol. The van der Waals surface area contributed by atoms with Crippen LogP contribution in [0.25, 0.3) is 44.6 Å². The average Bonchev–Trinajstić information content (AvgIpc) is 4.00. The molecule has 0 spiro atoms. The van der Waals surface area contributed by atoms with Crippen LogP contribution in [-0.2, 0) is 6.54 Å². The molecule has 0 saturated heterocycles. The molecule has 362 valence electrons. The number of hydrogen-bond acceptors (Lipinski definition) is 15. The number of nitrogens with zero attached hydrogens (tertiary/aromatic N) is 8. The number of carbonyl (C=O) groups is 1. The van der Waals surface area contributed by atoms with E-state index in [4.69, 9.17) is 28.9 Å². The Balaban J connectivity index is 0.000000174. The maximum Gasteiger partial charge on any atom is 0.269 e. The summed E-state index contributed by atoms with van der Waals surface area (Å²) in [4.78, 5) is 48.2. The highest BCUT2D eigenvalue weighted by atomic mass is 35.5. The second-order valence-corrected chi connectivity index (χ2v) is 17.6. The number of non-ortho nitro benzene ring substituents is 2. The van der Waals surface area contributed by atoms with E-state index in [9.17, 15) is 25.0 Å². The van der Waals surface area contributed by atoms with Crippen LogP contribution in [0.5, 0.6) is 0 Å². The van der Waals surface area contributed by atoms with Gasteiger partial charge in [0.25, 0.3) is 11.4 Å². The van der Waals surface area contributed by atoms with Gasteiger partial charge in [-0.2, -0.15) is 10.2 Å². The molecule has 0 amide bonds. The number of carbonyl (C=O) groups excluding carboxylic acids is 1. The Morgan fingerprint density at radius 2 is 1.11 bits per heavy atom. The van der Waals surface area contributed by atoms with E-state index in [1.807, 2.05) is 48.5 Å². The summed E-state index contributed by atoms with van der Waals surface area (Å²) in [7, 11) is 0. The number of H-pyrrole nitrogens is 2. The number of halogens is 2. The second-order valence-electron chi connectivity index (χ2n) is 16.8. The second kappa shape index (κ2) is 23.7. The SMILES string of the molecule is C.N[C@H]1CCCC(Nc2ncc(Cl)c(-c3n[nH]c4ccccc34)n2)C1.O=Cc1ccc([N+](=O)[O-])cc1.O=[N+]([O-])c1ccc(CN[C@H]2CCCC(Nc3ncc(Cl)c(-c4n[nH]c5ccccc45)n3)C2)cc1. The molecular weight excluding hydrogens is 936 g/mol. The molecule has 21 heteroatoms. The molecule has 0 radical (unpaired) electrons. The number of nitrogens with two attached hydrogens (primary N) is 1. The predicted molar refractivity (Wildman–Crippen MR) is 273 cm³/mol. The minimum atomic E-state index is -0.505. The van der Waals surface area contributed by atoms with Gasteiger partial charge in [-0.05, 0) is 81.2 Å². The predicted octanol–water partition coefficient (Wildman–Crippen LogP) is 10.5. The summed E-state index contributed by atoms with van der Waals surface area (Å²) in [5.74, 6) is 1.10. The Kier molecular flexibility index (Phi) is 17.1. The van der Waals surface area contributed by atoms with Gasteiger partial charge in [-0.15, -0.1) is 0 Å². The number of nitro groups is 2. The van der Waals surface area contributed by atoms with Crippen LogP contribution in [-0.4, -0.2) is 80.6 Å². The number of nitro benzene ring substituents is 2. The highest BCUT2D eigenvalue weighted by molar-refractivity contribution is 6.33. The number of aromatic amines is 2. The van der Waals surface area contributed by atoms with Crippen molar-refractivity contribution in [1.29, 1.82) is 0 Å². The third kappa shape index (κ3) is 12.8. The van der Waals surface area contributed by atoms with Gasteiger partial charge in [-0.25, -0.2) is 19.9 Å². The summed E-state index contributed by atoms with van der Waals surface area (Å²) in [5.41, 5.74) is 12.2. The van der Waals surface area contributed by atoms with Crippen molar-refractivity contribution in [2.45, 2.75) is 89.5 Å². The standard InChI is InChI=1S/C24H24ClN7O2.C17H19ClN6.C7H5NO3.CH4/c25-20-14-27-24(29-23(20)22-19-6-1-2-7-21(19)30-31-22)28-17-5-3-4-16(12-17)26-13-15-8-10-18(11-9-15)32(33)34;18-13-9-20-17(21-11-5-3-4-10(19)8-11)22-16(13)15-12-6-1-2-7-14(12)23-24-15;9-5-6-1-3-7(4-2-6)8(10)11;/h1-2,6-11,14,16-17,26H,3-5,12-13H2,(H,30,31)(H,27,28,29);1-2,6-7,9-11H,3-5,8,19H2,(H,23,24)(H,20,21,22);1-5H;1H4/t16-,17?;10-,11?;;/m00../s1. The zero-order valence-corrected chi connectivity index (χ0v) is 38.6. The normalized spacial score (nSPS) is 17.5. The molecule has 4 atom stereocenters. The molecule has 2 saturated carbocycles. The molecule has 2 aliphatic rings. The molecule has 4 aromatic heterocycles. The minimum absolute atomic E-state index is 0. The van der Waals surface area contributed by atoms with Gasteiger partial charge in [0.2, 0.25) is 11.9 Å². The Labute approximate surface area is 412 Å². The molecule has 2 unspecified atom stereocenters. The largest absolute Gasteiger partial charge is 0.351 e. The van der Waals surface area contributed by atoms with E-state index in [0.717, 1.165) is 84.4 Å². The van der Waals surface area contributed by atoms with Crippen molar-refractivity contribution < 1.29 is 14.6 Å². The van der Waals surface area contributed by atoms with Crippen molar-refractivity contribution >= 4 is 74.6 Å². The quantitative estimate of drug-likeness (QED) is 0.0377. The zero-order valence-electron chi connectivity index (χ0n) is 37.1. The zero-order chi connectivity index (χ0) is 48.3. The summed E-state index contributed by atoms with van der Waals surface area (Å²) >= 11 is 12.8. The monoisotopic (exact) mass is 986 g/mol. The topological polar surface area (TPSA) is 274 Å². The molecule has 4 heterocycles. The minimum Gasteiger partial charge on any atom is -0.351 e. The summed E-state index contributed by atoms with van der Waals surface area (Å²) in [5, 5.41) is 49.1. The van der Waals surface area contributed by atoms with Crippen molar-refractivity contribution in [3.8, 4) is 22.8 Å². The summed E-state index contributed by atoms with van der Waals surface area (Å²) in [6.45, 7) is 0.670. The lowest BCUT2D eigenvalue weighted by atomic mass is 9.91. The highest BCUT2D eigenvalue weighted by Crippen LogP contribution is 2.33. The van der Waals surface area contributed by atoms with E-state index < -0.39 is 4.92 Å². The lowest BCUT2D eigenvalue weighted by molar-refractivity contribution is -0.385. The fourth-order valence-corrected chi connectivity index (χ4v) is 8.76. The van der Waals surface area contributed by atoms with Crippen LogP contribution in [0.3, 0.4) is 0 Å². The summed E-state index contributed by atoms with van der Waals surface area (Å²) < 4.78 is 0.